The number of halogens is 3. The molecule has 0 bridgehead atoms. The first-order valence-corrected chi connectivity index (χ1v) is 15.4. The smallest absolute Gasteiger partial charge is 0.416 e. The Labute approximate surface area is 265 Å². The second kappa shape index (κ2) is 10.9. The van der Waals surface area contributed by atoms with Gasteiger partial charge >= 0.3 is 12.1 Å². The lowest BCUT2D eigenvalue weighted by atomic mass is 9.41. The highest BCUT2D eigenvalue weighted by Crippen LogP contribution is 2.70. The molecule has 1 aromatic heterocycles. The van der Waals surface area contributed by atoms with Crippen LogP contribution < -0.4 is 5.32 Å². The van der Waals surface area contributed by atoms with E-state index in [1.165, 1.54) is 31.4 Å². The summed E-state index contributed by atoms with van der Waals surface area (Å²) in [5.74, 6) is -3.06. The number of rotatable bonds is 6. The summed E-state index contributed by atoms with van der Waals surface area (Å²) < 4.78 is 56.3. The first-order chi connectivity index (χ1) is 21.6. The summed E-state index contributed by atoms with van der Waals surface area (Å²) in [7, 11) is 1.28. The van der Waals surface area contributed by atoms with Gasteiger partial charge in [0.1, 0.15) is 0 Å². The van der Waals surface area contributed by atoms with Crippen LogP contribution in [0.5, 0.6) is 0 Å². The number of ether oxygens (including phenoxy) is 2. The molecule has 2 aromatic rings. The zero-order valence-electron chi connectivity index (χ0n) is 26.3. The Hall–Kier alpha value is -3.70. The maximum absolute atomic E-state index is 14.1. The van der Waals surface area contributed by atoms with E-state index >= 15 is 0 Å². The Balaban J connectivity index is 1.39. The van der Waals surface area contributed by atoms with Crippen LogP contribution in [0.1, 0.15) is 63.1 Å². The predicted molar refractivity (Wildman–Crippen MR) is 159 cm³/mol. The summed E-state index contributed by atoms with van der Waals surface area (Å²) in [6, 6.07) is 6.39. The number of nitrogens with one attached hydrogen (secondary N) is 1. The number of furan rings is 1. The maximum atomic E-state index is 14.1. The topological polar surface area (TPSA) is 115 Å². The summed E-state index contributed by atoms with van der Waals surface area (Å²) in [4.78, 5) is 41.2. The van der Waals surface area contributed by atoms with Gasteiger partial charge < -0.3 is 24.3 Å². The number of aliphatic hydroxyl groups is 1. The Morgan fingerprint density at radius 2 is 1.80 bits per heavy atom. The number of alkyl halides is 3. The van der Waals surface area contributed by atoms with Crippen molar-refractivity contribution in [3.05, 3.63) is 82.8 Å². The highest BCUT2D eigenvalue weighted by Gasteiger charge is 2.74. The molecular weight excluding hydrogens is 603 g/mol. The summed E-state index contributed by atoms with van der Waals surface area (Å²) in [6.07, 6.45) is -0.375. The molecule has 46 heavy (non-hydrogen) atoms. The molecule has 1 saturated heterocycles. The Kier molecular flexibility index (Phi) is 7.67. The van der Waals surface area contributed by atoms with Gasteiger partial charge in [-0.05, 0) is 67.2 Å². The molecule has 4 aliphatic rings. The molecule has 0 radical (unpaired) electrons. The van der Waals surface area contributed by atoms with Gasteiger partial charge in [0.2, 0.25) is 5.91 Å². The summed E-state index contributed by atoms with van der Waals surface area (Å²) in [5.41, 5.74) is -1.16. The average Bonchev–Trinajstić information content (AvgIpc) is 3.72. The standard InChI is InChI=1S/C35H38F3NO7/c1-18-22(20-11-13-45-17-20)14-23-27(18)34(4)24(15-26(41)44-5)33(3)25(40)10-12-32(2,29(33)28(42)30(34)46-23)31(43)39-16-19-6-8-21(9-7-19)35(36,37)38/h6-13,17,22-24,28-30,42H,14-16H2,1-5H3,(H,39,43)/t22-,23-,24-,28-,29+,30-,32-,33+,34-/m1/s1. The number of amides is 1. The highest BCUT2D eigenvalue weighted by atomic mass is 19.4. The minimum absolute atomic E-state index is 0.00108. The van der Waals surface area contributed by atoms with E-state index in [9.17, 15) is 32.7 Å². The third-order valence-corrected chi connectivity index (χ3v) is 11.5. The molecule has 6 rings (SSSR count). The van der Waals surface area contributed by atoms with Crippen molar-refractivity contribution in [2.75, 3.05) is 7.11 Å². The first kappa shape index (κ1) is 32.2. The zero-order chi connectivity index (χ0) is 33.4. The van der Waals surface area contributed by atoms with Crippen molar-refractivity contribution in [1.82, 2.24) is 5.32 Å². The van der Waals surface area contributed by atoms with E-state index in [2.05, 4.69) is 5.32 Å². The maximum Gasteiger partial charge on any atom is 0.416 e. The van der Waals surface area contributed by atoms with Gasteiger partial charge in [-0.2, -0.15) is 13.2 Å². The lowest BCUT2D eigenvalue weighted by molar-refractivity contribution is -0.211. The SMILES string of the molecule is COC(=O)C[C@H]1[C@]2(C)C3=C(C)[C@H](c4ccoc4)C[C@H]3O[C@@H]2[C@H](O)[C@@H]2[C@]1(C)C(=O)C=C[C@@]2(C)C(=O)NCc1ccc(C(F)(F)F)cc1. The van der Waals surface area contributed by atoms with Crippen LogP contribution in [0.25, 0.3) is 0 Å². The van der Waals surface area contributed by atoms with Crippen molar-refractivity contribution in [1.29, 1.82) is 0 Å². The molecule has 0 unspecified atom stereocenters. The minimum atomic E-state index is -4.49. The molecule has 246 valence electrons. The van der Waals surface area contributed by atoms with Crippen LogP contribution in [0.15, 0.2) is 70.6 Å². The van der Waals surface area contributed by atoms with Crippen molar-refractivity contribution < 1.29 is 46.6 Å². The monoisotopic (exact) mass is 641 g/mol. The molecule has 1 aromatic carbocycles. The van der Waals surface area contributed by atoms with Gasteiger partial charge in [-0.1, -0.05) is 37.6 Å². The van der Waals surface area contributed by atoms with Crippen molar-refractivity contribution in [3.8, 4) is 0 Å². The number of hydrogen-bond donors (Lipinski definition) is 2. The molecule has 9 atom stereocenters. The van der Waals surface area contributed by atoms with Gasteiger partial charge in [-0.15, -0.1) is 0 Å². The molecule has 1 aliphatic heterocycles. The van der Waals surface area contributed by atoms with E-state index in [0.717, 1.165) is 28.8 Å². The second-order valence-corrected chi connectivity index (χ2v) is 13.7. The number of benzene rings is 1. The quantitative estimate of drug-likeness (QED) is 0.316. The molecule has 3 aliphatic carbocycles. The van der Waals surface area contributed by atoms with Crippen molar-refractivity contribution >= 4 is 17.7 Å². The van der Waals surface area contributed by atoms with Gasteiger partial charge in [0.05, 0.1) is 55.3 Å². The molecule has 2 N–H and O–H groups in total. The van der Waals surface area contributed by atoms with E-state index in [-0.39, 0.29) is 30.8 Å². The zero-order valence-corrected chi connectivity index (χ0v) is 26.3. The van der Waals surface area contributed by atoms with Gasteiger partial charge in [0.25, 0.3) is 0 Å². The third-order valence-electron chi connectivity index (χ3n) is 11.5. The Morgan fingerprint density at radius 1 is 1.11 bits per heavy atom. The van der Waals surface area contributed by atoms with Crippen molar-refractivity contribution in [2.45, 2.75) is 77.5 Å². The van der Waals surface area contributed by atoms with Gasteiger partial charge in [-0.3, -0.25) is 14.4 Å². The van der Waals surface area contributed by atoms with Crippen LogP contribution >= 0.6 is 0 Å². The van der Waals surface area contributed by atoms with Crippen LogP contribution in [0.4, 0.5) is 13.2 Å². The summed E-state index contributed by atoms with van der Waals surface area (Å²) in [5, 5.41) is 15.1. The molecular formula is C35H38F3NO7. The lowest BCUT2D eigenvalue weighted by Crippen LogP contribution is -2.70. The molecule has 0 spiro atoms. The van der Waals surface area contributed by atoms with Gasteiger partial charge in [0.15, 0.2) is 5.78 Å². The molecule has 8 nitrogen and oxygen atoms in total. The van der Waals surface area contributed by atoms with Gasteiger partial charge in [-0.25, -0.2) is 0 Å². The number of hydrogen-bond acceptors (Lipinski definition) is 7. The number of allylic oxidation sites excluding steroid dienone is 2. The largest absolute Gasteiger partial charge is 0.472 e. The number of ketones is 1. The number of carbonyl (C=O) groups is 3. The van der Waals surface area contributed by atoms with Crippen molar-refractivity contribution in [2.24, 2.45) is 28.1 Å². The first-order valence-electron chi connectivity index (χ1n) is 15.4. The average molecular weight is 642 g/mol. The predicted octanol–water partition coefficient (Wildman–Crippen LogP) is 5.51. The van der Waals surface area contributed by atoms with Crippen LogP contribution in [0.3, 0.4) is 0 Å². The minimum Gasteiger partial charge on any atom is -0.472 e. The molecule has 1 amide bonds. The van der Waals surface area contributed by atoms with Crippen LogP contribution in [0.2, 0.25) is 0 Å². The third kappa shape index (κ3) is 4.60. The Morgan fingerprint density at radius 3 is 2.41 bits per heavy atom. The van der Waals surface area contributed by atoms with E-state index in [1.807, 2.05) is 19.9 Å². The van der Waals surface area contributed by atoms with E-state index in [0.29, 0.717) is 12.0 Å². The molecule has 11 heteroatoms. The van der Waals surface area contributed by atoms with Crippen LogP contribution in [-0.4, -0.2) is 48.2 Å². The summed E-state index contributed by atoms with van der Waals surface area (Å²) >= 11 is 0. The fourth-order valence-electron chi connectivity index (χ4n) is 9.28. The van der Waals surface area contributed by atoms with Gasteiger partial charge in [0, 0.05) is 29.2 Å². The van der Waals surface area contributed by atoms with E-state index in [1.54, 1.807) is 26.4 Å². The van der Waals surface area contributed by atoms with Crippen LogP contribution in [-0.2, 0) is 36.6 Å². The molecule has 2 heterocycles. The van der Waals surface area contributed by atoms with E-state index < -0.39 is 63.9 Å². The number of fused-ring (bicyclic) bond motifs is 4. The van der Waals surface area contributed by atoms with Crippen molar-refractivity contribution in [3.63, 3.8) is 0 Å². The molecule has 2 fully saturated rings. The number of aliphatic hydroxyl groups excluding tert-OH is 1. The second-order valence-electron chi connectivity index (χ2n) is 13.7. The molecule has 1 saturated carbocycles. The van der Waals surface area contributed by atoms with Crippen LogP contribution in [0, 0.1) is 28.1 Å². The normalized spacial score (nSPS) is 36.7. The fourth-order valence-corrected chi connectivity index (χ4v) is 9.28. The number of carbonyl (C=O) groups excluding carboxylic acids is 3. The van der Waals surface area contributed by atoms with E-state index in [4.69, 9.17) is 13.9 Å². The highest BCUT2D eigenvalue weighted by molar-refractivity contribution is 6.00. The number of methoxy groups -OCH3 is 1. The lowest BCUT2D eigenvalue weighted by Gasteiger charge is -2.62. The Bertz CT molecular complexity index is 1610. The number of esters is 1. The fraction of sp³-hybridized carbons (Fsp3) is 0.514. The summed E-state index contributed by atoms with van der Waals surface area (Å²) in [6.45, 7) is 7.24.